The van der Waals surface area contributed by atoms with Crippen molar-refractivity contribution in [1.29, 1.82) is 0 Å². The number of rotatable bonds is 11. The van der Waals surface area contributed by atoms with Crippen molar-refractivity contribution in [2.45, 2.75) is 55.1 Å². The average Bonchev–Trinajstić information content (AvgIpc) is 3.48. The molecule has 5 atom stereocenters. The van der Waals surface area contributed by atoms with Crippen molar-refractivity contribution in [2.24, 2.45) is 11.8 Å². The van der Waals surface area contributed by atoms with E-state index in [9.17, 15) is 32.7 Å². The highest BCUT2D eigenvalue weighted by Crippen LogP contribution is 2.56. The zero-order chi connectivity index (χ0) is 39.4. The monoisotopic (exact) mass is 811 g/mol. The number of carbonyl (C=O) groups is 3. The van der Waals surface area contributed by atoms with E-state index < -0.39 is 50.7 Å². The van der Waals surface area contributed by atoms with Gasteiger partial charge in [0.2, 0.25) is 27.3 Å². The van der Waals surface area contributed by atoms with E-state index in [0.29, 0.717) is 12.1 Å². The summed E-state index contributed by atoms with van der Waals surface area (Å²) in [6, 6.07) is 13.7. The van der Waals surface area contributed by atoms with E-state index in [1.54, 1.807) is 29.7 Å². The lowest BCUT2D eigenvalue weighted by Crippen LogP contribution is -2.53. The molecule has 0 saturated carbocycles. The van der Waals surface area contributed by atoms with Gasteiger partial charge >= 0.3 is 0 Å². The predicted octanol–water partition coefficient (Wildman–Crippen LogP) is 4.71. The molecule has 7 rings (SSSR count). The Morgan fingerprint density at radius 1 is 1.09 bits per heavy atom. The molecule has 3 aliphatic heterocycles. The largest absolute Gasteiger partial charge is 0.507 e. The molecular formula is C39H42ClN3O10S2. The second-order valence-electron chi connectivity index (χ2n) is 14.5. The number of amides is 1. The lowest BCUT2D eigenvalue weighted by atomic mass is 9.69. The van der Waals surface area contributed by atoms with E-state index >= 15 is 0 Å². The quantitative estimate of drug-likeness (QED) is 0.257. The Balaban J connectivity index is 1.15. The number of hydrogen-bond donors (Lipinski definition) is 2. The first kappa shape index (κ1) is 38.9. The van der Waals surface area contributed by atoms with E-state index in [1.807, 2.05) is 24.5 Å². The van der Waals surface area contributed by atoms with Crippen molar-refractivity contribution in [2.75, 3.05) is 45.9 Å². The van der Waals surface area contributed by atoms with Gasteiger partial charge in [-0.2, -0.15) is 0 Å². The number of thioether (sulfide) groups is 1. The fourth-order valence-corrected chi connectivity index (χ4v) is 10.7. The minimum atomic E-state index is -3.79. The van der Waals surface area contributed by atoms with Crippen LogP contribution in [0.25, 0.3) is 0 Å². The molecule has 2 bridgehead atoms. The Kier molecular flexibility index (Phi) is 10.6. The van der Waals surface area contributed by atoms with E-state index in [2.05, 4.69) is 5.32 Å². The maximum absolute atomic E-state index is 14.4. The molecular weight excluding hydrogens is 770 g/mol. The lowest BCUT2D eigenvalue weighted by Gasteiger charge is -2.42. The summed E-state index contributed by atoms with van der Waals surface area (Å²) in [5.41, 5.74) is -0.936. The molecule has 292 valence electrons. The van der Waals surface area contributed by atoms with Gasteiger partial charge in [0.1, 0.15) is 22.1 Å². The van der Waals surface area contributed by atoms with E-state index in [4.69, 9.17) is 25.8 Å². The first-order valence-electron chi connectivity index (χ1n) is 18.0. The van der Waals surface area contributed by atoms with Crippen LogP contribution in [0, 0.1) is 11.8 Å². The SMILES string of the molecule is COc1cc(OC)c2c(c1Cl)OC1(C2=O)C(O)=C(C(CC(=O)NCCS(=O)(=O)N2C[C@H]3C[C@@H](C2)c2cccc(=O)n2C3)c2ccc(SC)cc2)C(=O)CC1C. The molecule has 1 aromatic heterocycles. The maximum atomic E-state index is 14.4. The van der Waals surface area contributed by atoms with Crippen molar-refractivity contribution in [3.05, 3.63) is 92.1 Å². The molecule has 13 nitrogen and oxygen atoms in total. The van der Waals surface area contributed by atoms with Gasteiger partial charge in [-0.1, -0.05) is 36.7 Å². The van der Waals surface area contributed by atoms with Crippen molar-refractivity contribution in [3.8, 4) is 17.2 Å². The van der Waals surface area contributed by atoms with Gasteiger partial charge in [0.05, 0.1) is 20.0 Å². The summed E-state index contributed by atoms with van der Waals surface area (Å²) < 4.78 is 47.5. The van der Waals surface area contributed by atoms with E-state index in [1.165, 1.54) is 42.4 Å². The number of allylic oxidation sites excluding steroid dienone is 1. The third kappa shape index (κ3) is 6.72. The summed E-state index contributed by atoms with van der Waals surface area (Å²) in [5.74, 6) is -4.38. The molecule has 0 radical (unpaired) electrons. The number of nitrogens with zero attached hydrogens (tertiary/aromatic N) is 2. The fourth-order valence-electron chi connectivity index (χ4n) is 8.55. The minimum Gasteiger partial charge on any atom is -0.507 e. The average molecular weight is 812 g/mol. The molecule has 1 amide bonds. The Labute approximate surface area is 328 Å². The van der Waals surface area contributed by atoms with Crippen LogP contribution in [0.4, 0.5) is 0 Å². The molecule has 2 aromatic carbocycles. The number of ether oxygens (including phenoxy) is 3. The zero-order valence-corrected chi connectivity index (χ0v) is 33.2. The summed E-state index contributed by atoms with van der Waals surface area (Å²) in [5, 5.41) is 14.9. The van der Waals surface area contributed by atoms with Crippen LogP contribution < -0.4 is 25.1 Å². The molecule has 4 aliphatic rings. The van der Waals surface area contributed by atoms with E-state index in [0.717, 1.165) is 17.0 Å². The number of halogens is 1. The fraction of sp³-hybridized carbons (Fsp3) is 0.436. The van der Waals surface area contributed by atoms with Gasteiger partial charge in [0.25, 0.3) is 5.56 Å². The second kappa shape index (κ2) is 15.0. The van der Waals surface area contributed by atoms with Crippen LogP contribution in [0.2, 0.25) is 5.02 Å². The number of aromatic nitrogens is 1. The molecule has 16 heteroatoms. The number of methoxy groups -OCH3 is 2. The van der Waals surface area contributed by atoms with Gasteiger partial charge in [0.15, 0.2) is 17.3 Å². The first-order valence-corrected chi connectivity index (χ1v) is 21.2. The summed E-state index contributed by atoms with van der Waals surface area (Å²) in [4.78, 5) is 55.4. The van der Waals surface area contributed by atoms with Crippen molar-refractivity contribution in [3.63, 3.8) is 0 Å². The van der Waals surface area contributed by atoms with Gasteiger partial charge < -0.3 is 29.2 Å². The third-order valence-electron chi connectivity index (χ3n) is 11.3. The topological polar surface area (TPSA) is 171 Å². The number of aliphatic hydroxyl groups excluding tert-OH is 1. The second-order valence-corrected chi connectivity index (χ2v) is 17.8. The normalized spacial score (nSPS) is 23.9. The number of ketones is 2. The highest BCUT2D eigenvalue weighted by atomic mass is 35.5. The van der Waals surface area contributed by atoms with Crippen molar-refractivity contribution >= 4 is 50.9 Å². The number of piperidine rings is 1. The molecule has 55 heavy (non-hydrogen) atoms. The summed E-state index contributed by atoms with van der Waals surface area (Å²) in [6.07, 6.45) is 2.17. The number of fused-ring (bicyclic) bond motifs is 5. The van der Waals surface area contributed by atoms with Crippen molar-refractivity contribution < 1.29 is 42.1 Å². The Hall–Kier alpha value is -4.31. The van der Waals surface area contributed by atoms with Gasteiger partial charge in [-0.25, -0.2) is 12.7 Å². The standard InChI is InChI=1S/C39H42ClN3O10S2/c1-21-14-28(44)33(37(47)39(21)38(48)34-29(51-2)17-30(52-3)35(40)36(34)53-39)26(23-8-10-25(54-4)11-9-23)16-31(45)41-12-13-55(49,50)42-18-22-15-24(20-42)27-6-5-7-32(46)43(27)19-22/h5-11,17,21-22,24,26,47H,12-16,18-20H2,1-4H3,(H,41,45)/t21?,22-,24+,26?,39?/m1/s1. The number of hydrogen-bond acceptors (Lipinski definition) is 11. The van der Waals surface area contributed by atoms with Crippen LogP contribution in [0.3, 0.4) is 0 Å². The molecule has 3 aromatic rings. The maximum Gasteiger partial charge on any atom is 0.250 e. The highest BCUT2D eigenvalue weighted by molar-refractivity contribution is 7.98. The molecule has 1 fully saturated rings. The van der Waals surface area contributed by atoms with Crippen LogP contribution in [0.5, 0.6) is 17.2 Å². The Morgan fingerprint density at radius 3 is 2.51 bits per heavy atom. The van der Waals surface area contributed by atoms with Crippen LogP contribution in [-0.2, 0) is 26.2 Å². The number of carbonyl (C=O) groups excluding carboxylic acids is 3. The number of Topliss-reactive ketones (excluding diaryl/α,β-unsaturated/α-hetero) is 2. The molecule has 2 N–H and O–H groups in total. The van der Waals surface area contributed by atoms with Crippen LogP contribution in [0.1, 0.15) is 59.6 Å². The number of nitrogens with one attached hydrogen (secondary N) is 1. The van der Waals surface area contributed by atoms with Crippen LogP contribution in [-0.4, -0.2) is 91.3 Å². The van der Waals surface area contributed by atoms with Gasteiger partial charge in [-0.05, 0) is 42.4 Å². The Bertz CT molecular complexity index is 2280. The van der Waals surface area contributed by atoms with Gasteiger partial charge in [0, 0.05) is 85.1 Å². The minimum absolute atomic E-state index is 0.00312. The Morgan fingerprint density at radius 2 is 1.82 bits per heavy atom. The van der Waals surface area contributed by atoms with Crippen LogP contribution >= 0.6 is 23.4 Å². The number of pyridine rings is 1. The summed E-state index contributed by atoms with van der Waals surface area (Å²) in [7, 11) is -1.02. The molecule has 4 heterocycles. The molecule has 1 aliphatic carbocycles. The zero-order valence-electron chi connectivity index (χ0n) is 30.8. The van der Waals surface area contributed by atoms with E-state index in [-0.39, 0.29) is 89.0 Å². The third-order valence-corrected chi connectivity index (χ3v) is 14.2. The van der Waals surface area contributed by atoms with Crippen molar-refractivity contribution in [1.82, 2.24) is 14.2 Å². The molecule has 3 unspecified atom stereocenters. The van der Waals surface area contributed by atoms with Crippen LogP contribution in [0.15, 0.2) is 69.6 Å². The molecule has 1 saturated heterocycles. The predicted molar refractivity (Wildman–Crippen MR) is 206 cm³/mol. The number of benzene rings is 2. The number of sulfonamides is 1. The molecule has 1 spiro atoms. The summed E-state index contributed by atoms with van der Waals surface area (Å²) in [6.45, 7) is 2.40. The summed E-state index contributed by atoms with van der Waals surface area (Å²) >= 11 is 8.11. The number of aliphatic hydroxyl groups is 1. The smallest absolute Gasteiger partial charge is 0.250 e. The first-order chi connectivity index (χ1) is 26.2. The highest BCUT2D eigenvalue weighted by Gasteiger charge is 2.61. The van der Waals surface area contributed by atoms with Gasteiger partial charge in [-0.3, -0.25) is 19.2 Å². The lowest BCUT2D eigenvalue weighted by molar-refractivity contribution is -0.121. The van der Waals surface area contributed by atoms with Gasteiger partial charge in [-0.15, -0.1) is 11.8 Å².